The lowest BCUT2D eigenvalue weighted by Gasteiger charge is -2.15. The zero-order valence-electron chi connectivity index (χ0n) is 16.7. The minimum absolute atomic E-state index is 0.218. The summed E-state index contributed by atoms with van der Waals surface area (Å²) in [6.07, 6.45) is 0.218. The van der Waals surface area contributed by atoms with Gasteiger partial charge >= 0.3 is 5.97 Å². The SMILES string of the molecule is O=C(NC(Cc1ccccc1)C(=O)O)c1ccc2cc(Oc3ccccc3)ccc2c1. The standard InChI is InChI=1S/C26H21NO4/c28-25(27-24(26(29)30)15-18-7-3-1-4-8-18)21-12-11-20-17-23(14-13-19(20)16-21)31-22-9-5-2-6-10-22/h1-14,16-17,24H,15H2,(H,27,28)(H,29,30). The largest absolute Gasteiger partial charge is 0.480 e. The lowest BCUT2D eigenvalue weighted by atomic mass is 10.0. The Kier molecular flexibility index (Phi) is 5.94. The molecule has 0 aliphatic carbocycles. The molecular weight excluding hydrogens is 390 g/mol. The molecule has 0 bridgehead atoms. The summed E-state index contributed by atoms with van der Waals surface area (Å²) in [5.74, 6) is -0.0452. The van der Waals surface area contributed by atoms with Gasteiger partial charge in [-0.1, -0.05) is 60.7 Å². The molecule has 0 radical (unpaired) electrons. The number of para-hydroxylation sites is 1. The van der Waals surface area contributed by atoms with E-state index in [1.807, 2.05) is 84.9 Å². The Morgan fingerprint density at radius 2 is 1.42 bits per heavy atom. The van der Waals surface area contributed by atoms with Crippen LogP contribution in [0.1, 0.15) is 15.9 Å². The number of carbonyl (C=O) groups excluding carboxylic acids is 1. The quantitative estimate of drug-likeness (QED) is 0.446. The minimum atomic E-state index is -1.07. The Morgan fingerprint density at radius 3 is 2.13 bits per heavy atom. The summed E-state index contributed by atoms with van der Waals surface area (Å²) in [5, 5.41) is 13.9. The van der Waals surface area contributed by atoms with Gasteiger partial charge in [0.15, 0.2) is 0 Å². The molecule has 0 saturated heterocycles. The molecule has 0 heterocycles. The summed E-state index contributed by atoms with van der Waals surface area (Å²) in [6.45, 7) is 0. The lowest BCUT2D eigenvalue weighted by molar-refractivity contribution is -0.139. The molecule has 0 fully saturated rings. The van der Waals surface area contributed by atoms with Crippen molar-refractivity contribution in [3.8, 4) is 11.5 Å². The summed E-state index contributed by atoms with van der Waals surface area (Å²) in [4.78, 5) is 24.3. The molecule has 0 aromatic heterocycles. The first kappa shape index (κ1) is 20.2. The second kappa shape index (κ2) is 9.13. The molecule has 4 aromatic rings. The Labute approximate surface area is 179 Å². The number of rotatable bonds is 7. The highest BCUT2D eigenvalue weighted by atomic mass is 16.5. The van der Waals surface area contributed by atoms with Gasteiger partial charge in [-0.3, -0.25) is 4.79 Å². The number of hydrogen-bond donors (Lipinski definition) is 2. The smallest absolute Gasteiger partial charge is 0.326 e. The van der Waals surface area contributed by atoms with Crippen LogP contribution in [0.5, 0.6) is 11.5 Å². The van der Waals surface area contributed by atoms with Gasteiger partial charge in [0.25, 0.3) is 5.91 Å². The van der Waals surface area contributed by atoms with Crippen molar-refractivity contribution in [2.45, 2.75) is 12.5 Å². The average molecular weight is 411 g/mol. The Bertz CT molecular complexity index is 1210. The molecule has 0 spiro atoms. The van der Waals surface area contributed by atoms with Crippen molar-refractivity contribution in [2.24, 2.45) is 0 Å². The van der Waals surface area contributed by atoms with E-state index < -0.39 is 17.9 Å². The third-order valence-electron chi connectivity index (χ3n) is 4.94. The molecule has 5 heteroatoms. The fourth-order valence-electron chi connectivity index (χ4n) is 3.34. The molecule has 0 aliphatic heterocycles. The first-order valence-electron chi connectivity index (χ1n) is 9.93. The van der Waals surface area contributed by atoms with Crippen molar-refractivity contribution in [1.29, 1.82) is 0 Å². The van der Waals surface area contributed by atoms with Gasteiger partial charge in [-0.15, -0.1) is 0 Å². The minimum Gasteiger partial charge on any atom is -0.480 e. The average Bonchev–Trinajstić information content (AvgIpc) is 2.79. The van der Waals surface area contributed by atoms with Gasteiger partial charge in [-0.05, 0) is 52.7 Å². The number of ether oxygens (including phenoxy) is 1. The molecule has 4 aromatic carbocycles. The topological polar surface area (TPSA) is 75.6 Å². The number of carbonyl (C=O) groups is 2. The summed E-state index contributed by atoms with van der Waals surface area (Å²) in [6, 6.07) is 28.6. The van der Waals surface area contributed by atoms with E-state index in [4.69, 9.17) is 4.74 Å². The van der Waals surface area contributed by atoms with Crippen molar-refractivity contribution in [3.63, 3.8) is 0 Å². The van der Waals surface area contributed by atoms with Crippen LogP contribution in [0.3, 0.4) is 0 Å². The van der Waals surface area contributed by atoms with E-state index in [1.54, 1.807) is 12.1 Å². The number of fused-ring (bicyclic) bond motifs is 1. The number of carboxylic acids is 1. The maximum atomic E-state index is 12.7. The van der Waals surface area contributed by atoms with Crippen LogP contribution in [-0.4, -0.2) is 23.0 Å². The van der Waals surface area contributed by atoms with Gasteiger partial charge in [0.2, 0.25) is 0 Å². The van der Waals surface area contributed by atoms with Gasteiger partial charge in [0, 0.05) is 12.0 Å². The molecule has 1 atom stereocenters. The Balaban J connectivity index is 1.49. The lowest BCUT2D eigenvalue weighted by Crippen LogP contribution is -2.42. The Morgan fingerprint density at radius 1 is 0.774 bits per heavy atom. The summed E-state index contributed by atoms with van der Waals surface area (Å²) in [5.41, 5.74) is 1.25. The summed E-state index contributed by atoms with van der Waals surface area (Å²) in [7, 11) is 0. The monoisotopic (exact) mass is 411 g/mol. The van der Waals surface area contributed by atoms with Crippen LogP contribution in [0.2, 0.25) is 0 Å². The third kappa shape index (κ3) is 5.08. The van der Waals surface area contributed by atoms with E-state index in [0.29, 0.717) is 11.3 Å². The zero-order valence-corrected chi connectivity index (χ0v) is 16.7. The predicted molar refractivity (Wildman–Crippen MR) is 120 cm³/mol. The fourth-order valence-corrected chi connectivity index (χ4v) is 3.34. The summed E-state index contributed by atoms with van der Waals surface area (Å²) >= 11 is 0. The fraction of sp³-hybridized carbons (Fsp3) is 0.0769. The number of benzene rings is 4. The second-order valence-electron chi connectivity index (χ2n) is 7.19. The van der Waals surface area contributed by atoms with E-state index >= 15 is 0 Å². The van der Waals surface area contributed by atoms with Gasteiger partial charge in [0.1, 0.15) is 17.5 Å². The van der Waals surface area contributed by atoms with Crippen molar-refractivity contribution < 1.29 is 19.4 Å². The normalized spacial score (nSPS) is 11.6. The molecule has 1 unspecified atom stereocenters. The molecule has 4 rings (SSSR count). The number of hydrogen-bond acceptors (Lipinski definition) is 3. The molecule has 1 amide bonds. The number of amides is 1. The van der Waals surface area contributed by atoms with Crippen LogP contribution >= 0.6 is 0 Å². The van der Waals surface area contributed by atoms with Crippen LogP contribution < -0.4 is 10.1 Å². The second-order valence-corrected chi connectivity index (χ2v) is 7.19. The molecule has 31 heavy (non-hydrogen) atoms. The van der Waals surface area contributed by atoms with Crippen molar-refractivity contribution >= 4 is 22.6 Å². The van der Waals surface area contributed by atoms with Crippen LogP contribution in [0.15, 0.2) is 97.1 Å². The Hall–Kier alpha value is -4.12. The molecule has 5 nitrogen and oxygen atoms in total. The molecule has 0 aliphatic rings. The first-order chi connectivity index (χ1) is 15.1. The number of nitrogens with one attached hydrogen (secondary N) is 1. The number of carboxylic acid groups (broad SMARTS) is 1. The highest BCUT2D eigenvalue weighted by Gasteiger charge is 2.21. The molecular formula is C26H21NO4. The maximum absolute atomic E-state index is 12.7. The zero-order chi connectivity index (χ0) is 21.6. The number of aliphatic carboxylic acids is 1. The van der Waals surface area contributed by atoms with Gasteiger partial charge in [0.05, 0.1) is 0 Å². The van der Waals surface area contributed by atoms with E-state index in [0.717, 1.165) is 22.1 Å². The molecule has 2 N–H and O–H groups in total. The van der Waals surface area contributed by atoms with Crippen LogP contribution in [0.25, 0.3) is 10.8 Å². The van der Waals surface area contributed by atoms with Crippen LogP contribution in [0, 0.1) is 0 Å². The van der Waals surface area contributed by atoms with Crippen molar-refractivity contribution in [2.75, 3.05) is 0 Å². The van der Waals surface area contributed by atoms with E-state index in [-0.39, 0.29) is 6.42 Å². The van der Waals surface area contributed by atoms with Crippen LogP contribution in [-0.2, 0) is 11.2 Å². The van der Waals surface area contributed by atoms with Gasteiger partial charge < -0.3 is 15.2 Å². The van der Waals surface area contributed by atoms with Crippen molar-refractivity contribution in [1.82, 2.24) is 5.32 Å². The van der Waals surface area contributed by atoms with E-state index in [1.165, 1.54) is 0 Å². The van der Waals surface area contributed by atoms with Gasteiger partial charge in [-0.2, -0.15) is 0 Å². The third-order valence-corrected chi connectivity index (χ3v) is 4.94. The van der Waals surface area contributed by atoms with Crippen molar-refractivity contribution in [3.05, 3.63) is 108 Å². The highest BCUT2D eigenvalue weighted by Crippen LogP contribution is 2.26. The van der Waals surface area contributed by atoms with E-state index in [2.05, 4.69) is 5.32 Å². The van der Waals surface area contributed by atoms with E-state index in [9.17, 15) is 14.7 Å². The maximum Gasteiger partial charge on any atom is 0.326 e. The molecule has 154 valence electrons. The summed E-state index contributed by atoms with van der Waals surface area (Å²) < 4.78 is 5.86. The molecule has 0 saturated carbocycles. The first-order valence-corrected chi connectivity index (χ1v) is 9.93. The van der Waals surface area contributed by atoms with Gasteiger partial charge in [-0.25, -0.2) is 4.79 Å². The highest BCUT2D eigenvalue weighted by molar-refractivity contribution is 6.00. The predicted octanol–water partition coefficient (Wildman–Crippen LogP) is 5.06. The van der Waals surface area contributed by atoms with Crippen LogP contribution in [0.4, 0.5) is 0 Å².